The molecular weight excluding hydrogens is 470 g/mol. The highest BCUT2D eigenvalue weighted by Gasteiger charge is 2.35. The number of carbonyl (C=O) groups is 1. The van der Waals surface area contributed by atoms with Gasteiger partial charge in [-0.3, -0.25) is 4.79 Å². The molecule has 1 fully saturated rings. The predicted molar refractivity (Wildman–Crippen MR) is 141 cm³/mol. The number of aryl methyl sites for hydroxylation is 4. The maximum atomic E-state index is 13.0. The predicted octanol–water partition coefficient (Wildman–Crippen LogP) is 3.35. The second kappa shape index (κ2) is 11.2. The molecule has 6 heteroatoms. The molecule has 1 unspecified atom stereocenters. The molecule has 1 aromatic heterocycles. The molecule has 1 aliphatic heterocycles. The van der Waals surface area contributed by atoms with Crippen LogP contribution in [-0.4, -0.2) is 28.6 Å². The highest BCUT2D eigenvalue weighted by atomic mass is 35.5. The van der Waals surface area contributed by atoms with Crippen LogP contribution in [0.1, 0.15) is 47.7 Å². The summed E-state index contributed by atoms with van der Waals surface area (Å²) in [5, 5.41) is 0. The van der Waals surface area contributed by atoms with Gasteiger partial charge in [0, 0.05) is 31.1 Å². The molecule has 1 amide bonds. The summed E-state index contributed by atoms with van der Waals surface area (Å²) in [5.74, 6) is 2.19. The van der Waals surface area contributed by atoms with E-state index in [2.05, 4.69) is 73.9 Å². The van der Waals surface area contributed by atoms with E-state index in [0.29, 0.717) is 19.6 Å². The third-order valence-electron chi connectivity index (χ3n) is 6.88. The molecule has 1 atom stereocenters. The van der Waals surface area contributed by atoms with Crippen molar-refractivity contribution in [2.45, 2.75) is 52.5 Å². The van der Waals surface area contributed by atoms with Gasteiger partial charge in [0.15, 0.2) is 0 Å². The Balaban J connectivity index is 0.00000304. The second-order valence-electron chi connectivity index (χ2n) is 9.67. The first-order chi connectivity index (χ1) is 17.0. The number of rotatable bonds is 8. The topological polar surface area (TPSA) is 47.4 Å². The van der Waals surface area contributed by atoms with Crippen molar-refractivity contribution in [1.29, 1.82) is 0 Å². The molecule has 5 nitrogen and oxygen atoms in total. The zero-order valence-electron chi connectivity index (χ0n) is 21.2. The van der Waals surface area contributed by atoms with E-state index in [1.807, 2.05) is 23.1 Å². The number of halogens is 1. The minimum atomic E-state index is 0. The Morgan fingerprint density at radius 2 is 1.69 bits per heavy atom. The molecule has 0 N–H and O–H groups in total. The molecule has 4 aromatic rings. The second-order valence-corrected chi connectivity index (χ2v) is 9.67. The Bertz CT molecular complexity index is 1350. The SMILES string of the molecule is Cc1ccc(OCCCCn2c(C3CC(=O)N(c4ccc(C)cc4C)C3)nc3ccccc32)cc1.[Cl-]. The zero-order chi connectivity index (χ0) is 24.4. The average Bonchev–Trinajstić information content (AvgIpc) is 3.40. The molecule has 5 rings (SSSR count). The molecule has 0 bridgehead atoms. The van der Waals surface area contributed by atoms with E-state index < -0.39 is 0 Å². The lowest BCUT2D eigenvalue weighted by molar-refractivity contribution is -0.117. The third-order valence-corrected chi connectivity index (χ3v) is 6.88. The third kappa shape index (κ3) is 5.41. The van der Waals surface area contributed by atoms with Gasteiger partial charge < -0.3 is 26.6 Å². The number of ether oxygens (including phenoxy) is 1. The van der Waals surface area contributed by atoms with Gasteiger partial charge in [-0.05, 0) is 69.5 Å². The van der Waals surface area contributed by atoms with Gasteiger partial charge in [-0.15, -0.1) is 0 Å². The lowest BCUT2D eigenvalue weighted by Gasteiger charge is -2.20. The van der Waals surface area contributed by atoms with Crippen molar-refractivity contribution >= 4 is 22.6 Å². The summed E-state index contributed by atoms with van der Waals surface area (Å²) < 4.78 is 8.24. The number of anilines is 1. The van der Waals surface area contributed by atoms with Gasteiger partial charge in [0.05, 0.1) is 17.6 Å². The number of benzene rings is 3. The molecule has 3 aromatic carbocycles. The van der Waals surface area contributed by atoms with Crippen molar-refractivity contribution in [3.63, 3.8) is 0 Å². The molecule has 188 valence electrons. The van der Waals surface area contributed by atoms with Gasteiger partial charge in [0.1, 0.15) is 11.6 Å². The zero-order valence-corrected chi connectivity index (χ0v) is 22.0. The van der Waals surface area contributed by atoms with Gasteiger partial charge in [0.25, 0.3) is 0 Å². The minimum absolute atomic E-state index is 0. The fraction of sp³-hybridized carbons (Fsp3) is 0.333. The molecule has 0 spiro atoms. The van der Waals surface area contributed by atoms with Crippen molar-refractivity contribution in [2.75, 3.05) is 18.1 Å². The Morgan fingerprint density at radius 1 is 0.944 bits per heavy atom. The minimum Gasteiger partial charge on any atom is -1.00 e. The number of unbranched alkanes of at least 4 members (excludes halogenated alkanes) is 1. The van der Waals surface area contributed by atoms with Crippen LogP contribution in [0.5, 0.6) is 5.75 Å². The molecule has 36 heavy (non-hydrogen) atoms. The lowest BCUT2D eigenvalue weighted by atomic mass is 10.1. The molecule has 2 heterocycles. The van der Waals surface area contributed by atoms with E-state index >= 15 is 0 Å². The quantitative estimate of drug-likeness (QED) is 0.347. The Hall–Kier alpha value is -3.31. The molecule has 0 radical (unpaired) electrons. The van der Waals surface area contributed by atoms with Gasteiger partial charge >= 0.3 is 0 Å². The van der Waals surface area contributed by atoms with Crippen LogP contribution >= 0.6 is 0 Å². The maximum Gasteiger partial charge on any atom is 0.227 e. The fourth-order valence-electron chi connectivity index (χ4n) is 5.06. The van der Waals surface area contributed by atoms with E-state index in [1.54, 1.807) is 0 Å². The number of fused-ring (bicyclic) bond motifs is 1. The molecular formula is C30H33ClN3O2-. The van der Waals surface area contributed by atoms with Crippen molar-refractivity contribution < 1.29 is 21.9 Å². The average molecular weight is 503 g/mol. The standard InChI is InChI=1S/C30H33N3O2.ClH/c1-21-10-13-25(14-11-21)35-17-7-6-16-32-28-9-5-4-8-26(28)31-30(32)24-19-29(34)33(20-24)27-15-12-22(2)18-23(27)3;/h4-5,8-15,18,24H,6-7,16-17,19-20H2,1-3H3;1H/p-1. The maximum absolute atomic E-state index is 13.0. The monoisotopic (exact) mass is 502 g/mol. The van der Waals surface area contributed by atoms with Crippen molar-refractivity contribution in [1.82, 2.24) is 9.55 Å². The Morgan fingerprint density at radius 3 is 2.47 bits per heavy atom. The van der Waals surface area contributed by atoms with Crippen LogP contribution in [0.3, 0.4) is 0 Å². The molecule has 1 saturated heterocycles. The number of para-hydroxylation sites is 2. The molecule has 0 aliphatic carbocycles. The highest BCUT2D eigenvalue weighted by Crippen LogP contribution is 2.35. The number of hydrogen-bond donors (Lipinski definition) is 0. The van der Waals surface area contributed by atoms with E-state index in [-0.39, 0.29) is 24.2 Å². The number of amides is 1. The summed E-state index contributed by atoms with van der Waals surface area (Å²) in [6, 6.07) is 22.8. The number of carbonyl (C=O) groups excluding carboxylic acids is 1. The van der Waals surface area contributed by atoms with Gasteiger partial charge in [-0.1, -0.05) is 47.5 Å². The summed E-state index contributed by atoms with van der Waals surface area (Å²) in [4.78, 5) is 20.0. The number of hydrogen-bond acceptors (Lipinski definition) is 3. The van der Waals surface area contributed by atoms with Crippen LogP contribution in [0.15, 0.2) is 66.7 Å². The summed E-state index contributed by atoms with van der Waals surface area (Å²) >= 11 is 0. The van der Waals surface area contributed by atoms with Crippen LogP contribution in [-0.2, 0) is 11.3 Å². The van der Waals surface area contributed by atoms with E-state index in [9.17, 15) is 4.79 Å². The smallest absolute Gasteiger partial charge is 0.227 e. The van der Waals surface area contributed by atoms with Crippen LogP contribution in [0.2, 0.25) is 0 Å². The fourth-order valence-corrected chi connectivity index (χ4v) is 5.06. The summed E-state index contributed by atoms with van der Waals surface area (Å²) in [6.07, 6.45) is 2.44. The summed E-state index contributed by atoms with van der Waals surface area (Å²) in [6.45, 7) is 8.46. The first kappa shape index (κ1) is 25.8. The molecule has 1 aliphatic rings. The van der Waals surface area contributed by atoms with Crippen molar-refractivity contribution in [3.05, 3.63) is 89.2 Å². The highest BCUT2D eigenvalue weighted by molar-refractivity contribution is 5.97. The first-order valence-corrected chi connectivity index (χ1v) is 12.5. The molecule has 0 saturated carbocycles. The van der Waals surface area contributed by atoms with Gasteiger partial charge in [-0.2, -0.15) is 0 Å². The largest absolute Gasteiger partial charge is 1.00 e. The lowest BCUT2D eigenvalue weighted by Crippen LogP contribution is -3.00. The Kier molecular flexibility index (Phi) is 8.00. The number of aromatic nitrogens is 2. The van der Waals surface area contributed by atoms with Crippen LogP contribution in [0.4, 0.5) is 5.69 Å². The van der Waals surface area contributed by atoms with Gasteiger partial charge in [0.2, 0.25) is 5.91 Å². The van der Waals surface area contributed by atoms with Crippen LogP contribution < -0.4 is 22.0 Å². The van der Waals surface area contributed by atoms with Crippen LogP contribution in [0.25, 0.3) is 11.0 Å². The van der Waals surface area contributed by atoms with Crippen molar-refractivity contribution in [2.24, 2.45) is 0 Å². The summed E-state index contributed by atoms with van der Waals surface area (Å²) in [5.41, 5.74) is 6.73. The number of imidazole rings is 1. The van der Waals surface area contributed by atoms with Crippen molar-refractivity contribution in [3.8, 4) is 5.75 Å². The first-order valence-electron chi connectivity index (χ1n) is 12.5. The van der Waals surface area contributed by atoms with E-state index in [1.165, 1.54) is 11.1 Å². The Labute approximate surface area is 219 Å². The van der Waals surface area contributed by atoms with E-state index in [4.69, 9.17) is 9.72 Å². The van der Waals surface area contributed by atoms with E-state index in [0.717, 1.165) is 53.2 Å². The van der Waals surface area contributed by atoms with Crippen LogP contribution in [0, 0.1) is 20.8 Å². The summed E-state index contributed by atoms with van der Waals surface area (Å²) in [7, 11) is 0. The normalized spacial score (nSPS) is 15.4. The number of nitrogens with zero attached hydrogens (tertiary/aromatic N) is 3. The van der Waals surface area contributed by atoms with Gasteiger partial charge in [-0.25, -0.2) is 4.98 Å².